The fourth-order valence-corrected chi connectivity index (χ4v) is 2.45. The smallest absolute Gasteiger partial charge is 0.320 e. The van der Waals surface area contributed by atoms with Crippen molar-refractivity contribution in [2.45, 2.75) is 19.9 Å². The summed E-state index contributed by atoms with van der Waals surface area (Å²) in [5.41, 5.74) is 1.68. The third kappa shape index (κ3) is 3.37. The lowest BCUT2D eigenvalue weighted by Crippen LogP contribution is -2.44. The Balaban J connectivity index is 0.00000121. The summed E-state index contributed by atoms with van der Waals surface area (Å²) in [4.78, 5) is 15.7. The van der Waals surface area contributed by atoms with Gasteiger partial charge in [0.1, 0.15) is 0 Å². The fraction of sp³-hybridized carbons (Fsp3) is 0.615. The van der Waals surface area contributed by atoms with Crippen molar-refractivity contribution >= 4 is 41.8 Å². The maximum Gasteiger partial charge on any atom is 0.320 e. The average Bonchev–Trinajstić information content (AvgIpc) is 2.91. The first-order valence-electron chi connectivity index (χ1n) is 6.95. The van der Waals surface area contributed by atoms with Crippen LogP contribution in [0.3, 0.4) is 0 Å². The van der Waals surface area contributed by atoms with E-state index in [9.17, 15) is 0 Å². The maximum absolute atomic E-state index is 5.25. The topological polar surface area (TPSA) is 68.1 Å². The first-order chi connectivity index (χ1) is 9.70. The molecule has 3 rings (SSSR count). The Morgan fingerprint density at radius 3 is 2.45 bits per heavy atom. The van der Waals surface area contributed by atoms with Crippen LogP contribution in [0.1, 0.15) is 19.9 Å². The van der Waals surface area contributed by atoms with E-state index in [1.165, 1.54) is 0 Å². The molecule has 124 valence electrons. The molecule has 1 N–H and O–H groups in total. The van der Waals surface area contributed by atoms with Gasteiger partial charge in [-0.3, -0.25) is 0 Å². The first-order valence-corrected chi connectivity index (χ1v) is 6.95. The average molecular weight is 349 g/mol. The van der Waals surface area contributed by atoms with E-state index in [-0.39, 0.29) is 24.8 Å². The van der Waals surface area contributed by atoms with Crippen LogP contribution in [0, 0.1) is 0 Å². The highest BCUT2D eigenvalue weighted by Crippen LogP contribution is 2.26. The monoisotopic (exact) mass is 348 g/mol. The summed E-state index contributed by atoms with van der Waals surface area (Å²) in [5.74, 6) is 0.868. The van der Waals surface area contributed by atoms with Crippen molar-refractivity contribution < 1.29 is 4.74 Å². The lowest BCUT2D eigenvalue weighted by molar-refractivity contribution is 0.380. The fourth-order valence-electron chi connectivity index (χ4n) is 2.45. The van der Waals surface area contributed by atoms with Crippen LogP contribution in [0.5, 0.6) is 6.01 Å². The van der Waals surface area contributed by atoms with Crippen molar-refractivity contribution in [3.8, 4) is 6.01 Å². The molecule has 1 fully saturated rings. The van der Waals surface area contributed by atoms with E-state index in [0.29, 0.717) is 12.1 Å². The van der Waals surface area contributed by atoms with Gasteiger partial charge >= 0.3 is 6.01 Å². The molecule has 3 heterocycles. The number of imidazole rings is 1. The molecule has 22 heavy (non-hydrogen) atoms. The molecule has 1 saturated heterocycles. The standard InChI is InChI=1S/C13H20N6O.2ClH/c1-9(2)19-8-15-10-11(18-6-4-14-5-7-18)16-13(20-3)17-12(10)19;;/h8-9,14H,4-7H2,1-3H3;2*1H. The second kappa shape index (κ2) is 7.80. The van der Waals surface area contributed by atoms with Gasteiger partial charge in [-0.15, -0.1) is 24.8 Å². The second-order valence-electron chi connectivity index (χ2n) is 5.19. The third-order valence-electron chi connectivity index (χ3n) is 3.54. The summed E-state index contributed by atoms with van der Waals surface area (Å²) in [6.45, 7) is 7.98. The van der Waals surface area contributed by atoms with Gasteiger partial charge in [0, 0.05) is 32.2 Å². The van der Waals surface area contributed by atoms with Gasteiger partial charge in [-0.2, -0.15) is 9.97 Å². The van der Waals surface area contributed by atoms with Crippen LogP contribution in [0.4, 0.5) is 5.82 Å². The Bertz CT molecular complexity index is 612. The number of fused-ring (bicyclic) bond motifs is 1. The molecule has 0 saturated carbocycles. The third-order valence-corrected chi connectivity index (χ3v) is 3.54. The number of hydrogen-bond donors (Lipinski definition) is 1. The van der Waals surface area contributed by atoms with Crippen LogP contribution in [-0.2, 0) is 0 Å². The molecule has 0 aliphatic carbocycles. The van der Waals surface area contributed by atoms with Crippen molar-refractivity contribution in [3.05, 3.63) is 6.33 Å². The maximum atomic E-state index is 5.25. The predicted molar refractivity (Wildman–Crippen MR) is 91.8 cm³/mol. The quantitative estimate of drug-likeness (QED) is 0.909. The van der Waals surface area contributed by atoms with Gasteiger partial charge in [0.2, 0.25) is 0 Å². The number of anilines is 1. The molecule has 7 nitrogen and oxygen atoms in total. The van der Waals surface area contributed by atoms with E-state index >= 15 is 0 Å². The number of nitrogens with one attached hydrogen (secondary N) is 1. The summed E-state index contributed by atoms with van der Waals surface area (Å²) in [7, 11) is 1.60. The number of hydrogen-bond acceptors (Lipinski definition) is 6. The Morgan fingerprint density at radius 1 is 1.18 bits per heavy atom. The highest BCUT2D eigenvalue weighted by molar-refractivity contribution is 5.86. The van der Waals surface area contributed by atoms with Crippen LogP contribution in [-0.4, -0.2) is 52.8 Å². The van der Waals surface area contributed by atoms with Crippen LogP contribution >= 0.6 is 24.8 Å². The van der Waals surface area contributed by atoms with Gasteiger partial charge in [0.15, 0.2) is 17.0 Å². The first kappa shape index (κ1) is 18.7. The number of halogens is 2. The van der Waals surface area contributed by atoms with E-state index in [1.807, 2.05) is 10.9 Å². The van der Waals surface area contributed by atoms with Gasteiger partial charge in [-0.1, -0.05) is 0 Å². The number of methoxy groups -OCH3 is 1. The van der Waals surface area contributed by atoms with Gasteiger partial charge in [0.25, 0.3) is 0 Å². The van der Waals surface area contributed by atoms with Crippen molar-refractivity contribution in [1.82, 2.24) is 24.8 Å². The van der Waals surface area contributed by atoms with E-state index in [0.717, 1.165) is 43.2 Å². The minimum Gasteiger partial charge on any atom is -0.467 e. The van der Waals surface area contributed by atoms with Crippen molar-refractivity contribution in [2.75, 3.05) is 38.2 Å². The normalized spacial score (nSPS) is 14.6. The highest BCUT2D eigenvalue weighted by atomic mass is 35.5. The minimum atomic E-state index is 0. The number of piperazine rings is 1. The predicted octanol–water partition coefficient (Wildman–Crippen LogP) is 1.67. The van der Waals surface area contributed by atoms with Crippen LogP contribution in [0.25, 0.3) is 11.2 Å². The molecule has 2 aromatic rings. The van der Waals surface area contributed by atoms with Gasteiger partial charge in [-0.05, 0) is 13.8 Å². The van der Waals surface area contributed by atoms with Gasteiger partial charge in [0.05, 0.1) is 13.4 Å². The number of ether oxygens (including phenoxy) is 1. The van der Waals surface area contributed by atoms with E-state index < -0.39 is 0 Å². The van der Waals surface area contributed by atoms with E-state index in [1.54, 1.807) is 7.11 Å². The summed E-state index contributed by atoms with van der Waals surface area (Å²) < 4.78 is 7.30. The van der Waals surface area contributed by atoms with Gasteiger partial charge in [-0.25, -0.2) is 4.98 Å². The Kier molecular flexibility index (Phi) is 6.65. The van der Waals surface area contributed by atoms with Crippen molar-refractivity contribution in [1.29, 1.82) is 0 Å². The SMILES string of the molecule is COc1nc(N2CCNCC2)c2ncn(C(C)C)c2n1.Cl.Cl. The molecule has 0 radical (unpaired) electrons. The molecule has 0 spiro atoms. The molecular formula is C13H22Cl2N6O. The zero-order valence-electron chi connectivity index (χ0n) is 12.9. The zero-order valence-corrected chi connectivity index (χ0v) is 14.6. The summed E-state index contributed by atoms with van der Waals surface area (Å²) in [5, 5.41) is 3.34. The minimum absolute atomic E-state index is 0. The molecule has 9 heteroatoms. The molecule has 0 unspecified atom stereocenters. The summed E-state index contributed by atoms with van der Waals surface area (Å²) in [6.07, 6.45) is 1.83. The van der Waals surface area contributed by atoms with Gasteiger partial charge < -0.3 is 19.5 Å². The molecule has 0 bridgehead atoms. The van der Waals surface area contributed by atoms with Crippen molar-refractivity contribution in [2.24, 2.45) is 0 Å². The molecule has 0 atom stereocenters. The molecule has 2 aromatic heterocycles. The molecular weight excluding hydrogens is 327 g/mol. The molecule has 0 amide bonds. The molecule has 0 aromatic carbocycles. The second-order valence-corrected chi connectivity index (χ2v) is 5.19. The van der Waals surface area contributed by atoms with Crippen LogP contribution in [0.15, 0.2) is 6.33 Å². The summed E-state index contributed by atoms with van der Waals surface area (Å²) in [6, 6.07) is 0.698. The zero-order chi connectivity index (χ0) is 14.1. The highest BCUT2D eigenvalue weighted by Gasteiger charge is 2.20. The number of rotatable bonds is 3. The van der Waals surface area contributed by atoms with Crippen molar-refractivity contribution in [3.63, 3.8) is 0 Å². The van der Waals surface area contributed by atoms with E-state index in [4.69, 9.17) is 4.74 Å². The summed E-state index contributed by atoms with van der Waals surface area (Å²) >= 11 is 0. The van der Waals surface area contributed by atoms with E-state index in [2.05, 4.69) is 39.0 Å². The number of nitrogens with zero attached hydrogens (tertiary/aromatic N) is 5. The Hall–Kier alpha value is -1.31. The molecule has 1 aliphatic heterocycles. The Morgan fingerprint density at radius 2 is 1.86 bits per heavy atom. The Labute approximate surface area is 142 Å². The lowest BCUT2D eigenvalue weighted by atomic mass is 10.3. The lowest BCUT2D eigenvalue weighted by Gasteiger charge is -2.28. The number of aromatic nitrogens is 4. The molecule has 1 aliphatic rings. The van der Waals surface area contributed by atoms with Crippen LogP contribution in [0.2, 0.25) is 0 Å². The van der Waals surface area contributed by atoms with Crippen LogP contribution < -0.4 is 15.0 Å². The largest absolute Gasteiger partial charge is 0.467 e.